The van der Waals surface area contributed by atoms with Gasteiger partial charge in [0, 0.05) is 0 Å². The molecule has 3 rings (SSSR count). The van der Waals surface area contributed by atoms with E-state index in [1.165, 1.54) is 0 Å². The first kappa shape index (κ1) is 21.9. The van der Waals surface area contributed by atoms with Crippen molar-refractivity contribution in [1.82, 2.24) is 0 Å². The molecule has 0 aliphatic rings. The van der Waals surface area contributed by atoms with Crippen LogP contribution in [-0.4, -0.2) is 32.0 Å². The molecular weight excluding hydrogens is 413 g/mol. The van der Waals surface area contributed by atoms with Crippen LogP contribution in [0.3, 0.4) is 0 Å². The first-order chi connectivity index (χ1) is 14.4. The highest BCUT2D eigenvalue weighted by atomic mass is 32.2. The molecule has 0 fully saturated rings. The number of halogens is 3. The van der Waals surface area contributed by atoms with Gasteiger partial charge in [0.1, 0.15) is 13.2 Å². The summed E-state index contributed by atoms with van der Waals surface area (Å²) < 4.78 is 45.5. The number of alkyl halides is 3. The van der Waals surface area contributed by atoms with Gasteiger partial charge < -0.3 is 9.47 Å². The standard InChI is InChI=1S/C23H20F3O3S/c24-23(25,26)17-28-15-16-29-22(27)18-11-13-21(14-12-18)30(19-7-3-1-4-8-19)20-9-5-2-6-10-20/h1-14H,15-17H2/q+1. The van der Waals surface area contributed by atoms with E-state index < -0.39 is 18.8 Å². The summed E-state index contributed by atoms with van der Waals surface area (Å²) in [6, 6.07) is 27.3. The molecule has 7 heteroatoms. The Balaban J connectivity index is 1.67. The van der Waals surface area contributed by atoms with Crippen LogP contribution in [0, 0.1) is 0 Å². The van der Waals surface area contributed by atoms with Crippen LogP contribution in [0.2, 0.25) is 0 Å². The van der Waals surface area contributed by atoms with Gasteiger partial charge in [0.05, 0.1) is 23.1 Å². The minimum absolute atomic E-state index is 0.241. The Bertz CT molecular complexity index is 890. The van der Waals surface area contributed by atoms with E-state index in [-0.39, 0.29) is 24.1 Å². The van der Waals surface area contributed by atoms with Crippen molar-refractivity contribution in [3.8, 4) is 0 Å². The minimum Gasteiger partial charge on any atom is -0.460 e. The predicted octanol–water partition coefficient (Wildman–Crippen LogP) is 5.52. The summed E-state index contributed by atoms with van der Waals surface area (Å²) in [7, 11) is -0.331. The topological polar surface area (TPSA) is 35.5 Å². The van der Waals surface area contributed by atoms with Crippen LogP contribution in [0.5, 0.6) is 0 Å². The van der Waals surface area contributed by atoms with Crippen LogP contribution < -0.4 is 0 Å². The molecule has 3 aromatic carbocycles. The lowest BCUT2D eigenvalue weighted by atomic mass is 10.2. The molecule has 0 aliphatic heterocycles. The second kappa shape index (κ2) is 10.3. The van der Waals surface area contributed by atoms with Gasteiger partial charge in [-0.1, -0.05) is 36.4 Å². The Morgan fingerprint density at radius 3 is 1.73 bits per heavy atom. The minimum atomic E-state index is -4.39. The van der Waals surface area contributed by atoms with Crippen molar-refractivity contribution >= 4 is 16.9 Å². The zero-order valence-electron chi connectivity index (χ0n) is 16.0. The summed E-state index contributed by atoms with van der Waals surface area (Å²) in [5, 5.41) is 0. The Kier molecular flexibility index (Phi) is 7.54. The maximum atomic E-state index is 12.1. The molecular formula is C23H20F3O3S+. The monoisotopic (exact) mass is 433 g/mol. The summed E-state index contributed by atoms with van der Waals surface area (Å²) in [5.74, 6) is -0.600. The lowest BCUT2D eigenvalue weighted by Crippen LogP contribution is -2.19. The largest absolute Gasteiger partial charge is 0.460 e. The summed E-state index contributed by atoms with van der Waals surface area (Å²) in [5.41, 5.74) is 0.333. The molecule has 0 N–H and O–H groups in total. The molecule has 0 heterocycles. The number of ether oxygens (including phenoxy) is 2. The third-order valence-corrected chi connectivity index (χ3v) is 6.24. The Hall–Kier alpha value is -2.77. The van der Waals surface area contributed by atoms with Crippen LogP contribution in [0.25, 0.3) is 0 Å². The summed E-state index contributed by atoms with van der Waals surface area (Å²) in [6.07, 6.45) is -4.39. The van der Waals surface area contributed by atoms with Crippen molar-refractivity contribution in [3.05, 3.63) is 90.5 Å². The summed E-state index contributed by atoms with van der Waals surface area (Å²) in [6.45, 7) is -1.91. The van der Waals surface area contributed by atoms with Crippen molar-refractivity contribution in [2.75, 3.05) is 19.8 Å². The van der Waals surface area contributed by atoms with Gasteiger partial charge in [0.2, 0.25) is 0 Å². The average Bonchev–Trinajstić information content (AvgIpc) is 2.75. The highest BCUT2D eigenvalue weighted by Gasteiger charge is 2.29. The van der Waals surface area contributed by atoms with Gasteiger partial charge in [-0.3, -0.25) is 0 Å². The predicted molar refractivity (Wildman–Crippen MR) is 109 cm³/mol. The van der Waals surface area contributed by atoms with Crippen molar-refractivity contribution in [3.63, 3.8) is 0 Å². The van der Waals surface area contributed by atoms with Crippen LogP contribution in [0.1, 0.15) is 10.4 Å². The number of rotatable bonds is 8. The first-order valence-electron chi connectivity index (χ1n) is 9.20. The van der Waals surface area contributed by atoms with Gasteiger partial charge in [-0.25, -0.2) is 4.79 Å². The third-order valence-electron chi connectivity index (χ3n) is 4.01. The molecule has 156 valence electrons. The van der Waals surface area contributed by atoms with Crippen LogP contribution in [-0.2, 0) is 20.4 Å². The Morgan fingerprint density at radius 1 is 0.733 bits per heavy atom. The van der Waals surface area contributed by atoms with E-state index in [4.69, 9.17) is 4.74 Å². The highest BCUT2D eigenvalue weighted by molar-refractivity contribution is 7.97. The van der Waals surface area contributed by atoms with E-state index >= 15 is 0 Å². The van der Waals surface area contributed by atoms with E-state index in [1.54, 1.807) is 12.1 Å². The smallest absolute Gasteiger partial charge is 0.411 e. The molecule has 0 aliphatic carbocycles. The fraction of sp³-hybridized carbons (Fsp3) is 0.174. The Labute approximate surface area is 175 Å². The van der Waals surface area contributed by atoms with E-state index in [0.29, 0.717) is 5.56 Å². The molecule has 0 aromatic heterocycles. The summed E-state index contributed by atoms with van der Waals surface area (Å²) >= 11 is 0. The molecule has 0 bridgehead atoms. The van der Waals surface area contributed by atoms with Crippen LogP contribution in [0.4, 0.5) is 13.2 Å². The highest BCUT2D eigenvalue weighted by Crippen LogP contribution is 2.31. The van der Waals surface area contributed by atoms with Crippen molar-refractivity contribution < 1.29 is 27.4 Å². The maximum absolute atomic E-state index is 12.1. The van der Waals surface area contributed by atoms with E-state index in [1.807, 2.05) is 48.5 Å². The third kappa shape index (κ3) is 6.37. The van der Waals surface area contributed by atoms with Crippen LogP contribution in [0.15, 0.2) is 99.6 Å². The van der Waals surface area contributed by atoms with Gasteiger partial charge >= 0.3 is 12.1 Å². The van der Waals surface area contributed by atoms with E-state index in [2.05, 4.69) is 29.0 Å². The van der Waals surface area contributed by atoms with Crippen molar-refractivity contribution in [1.29, 1.82) is 0 Å². The second-order valence-electron chi connectivity index (χ2n) is 6.26. The van der Waals surface area contributed by atoms with E-state index in [0.717, 1.165) is 14.7 Å². The number of carbonyl (C=O) groups is 1. The van der Waals surface area contributed by atoms with Crippen molar-refractivity contribution in [2.45, 2.75) is 20.9 Å². The van der Waals surface area contributed by atoms with Crippen molar-refractivity contribution in [2.24, 2.45) is 0 Å². The summed E-state index contributed by atoms with van der Waals surface area (Å²) in [4.78, 5) is 15.5. The molecule has 0 saturated heterocycles. The number of benzene rings is 3. The second-order valence-corrected chi connectivity index (χ2v) is 8.29. The molecule has 30 heavy (non-hydrogen) atoms. The molecule has 0 amide bonds. The number of hydrogen-bond acceptors (Lipinski definition) is 3. The molecule has 3 nitrogen and oxygen atoms in total. The molecule has 3 aromatic rings. The SMILES string of the molecule is O=C(OCCOCC(F)(F)F)c1ccc([S+](c2ccccc2)c2ccccc2)cc1. The first-order valence-corrected chi connectivity index (χ1v) is 10.4. The molecule has 0 saturated carbocycles. The van der Waals surface area contributed by atoms with Gasteiger partial charge in [-0.2, -0.15) is 13.2 Å². The van der Waals surface area contributed by atoms with Crippen LogP contribution >= 0.6 is 0 Å². The van der Waals surface area contributed by atoms with Gasteiger partial charge in [0.25, 0.3) is 0 Å². The fourth-order valence-corrected chi connectivity index (χ4v) is 4.80. The lowest BCUT2D eigenvalue weighted by Gasteiger charge is -2.09. The lowest BCUT2D eigenvalue weighted by molar-refractivity contribution is -0.175. The zero-order chi connectivity index (χ0) is 21.4. The van der Waals surface area contributed by atoms with E-state index in [9.17, 15) is 18.0 Å². The van der Waals surface area contributed by atoms with Gasteiger partial charge in [-0.15, -0.1) is 0 Å². The molecule has 0 radical (unpaired) electrons. The van der Waals surface area contributed by atoms with Gasteiger partial charge in [0.15, 0.2) is 14.7 Å². The Morgan fingerprint density at radius 2 is 1.23 bits per heavy atom. The molecule has 0 atom stereocenters. The number of carbonyl (C=O) groups excluding carboxylic acids is 1. The zero-order valence-corrected chi connectivity index (χ0v) is 16.8. The molecule has 0 spiro atoms. The fourth-order valence-electron chi connectivity index (χ4n) is 2.71. The molecule has 0 unspecified atom stereocenters. The maximum Gasteiger partial charge on any atom is 0.411 e. The van der Waals surface area contributed by atoms with Gasteiger partial charge in [-0.05, 0) is 48.5 Å². The quantitative estimate of drug-likeness (QED) is 0.267. The number of esters is 1. The average molecular weight is 433 g/mol. The normalized spacial score (nSPS) is 11.5. The number of hydrogen-bond donors (Lipinski definition) is 0.